The van der Waals surface area contributed by atoms with Gasteiger partial charge in [-0.2, -0.15) is 0 Å². The van der Waals surface area contributed by atoms with Gasteiger partial charge in [-0.3, -0.25) is 0 Å². The van der Waals surface area contributed by atoms with E-state index in [2.05, 4.69) is 52.2 Å². The van der Waals surface area contributed by atoms with Crippen LogP contribution in [-0.4, -0.2) is 6.04 Å². The van der Waals surface area contributed by atoms with Crippen LogP contribution in [0.3, 0.4) is 0 Å². The Morgan fingerprint density at radius 1 is 0.875 bits per heavy atom. The molecule has 1 N–H and O–H groups in total. The quantitative estimate of drug-likeness (QED) is 0.768. The minimum atomic E-state index is 0.695. The molecular weight excluding hydrogens is 309 g/mol. The van der Waals surface area contributed by atoms with Gasteiger partial charge in [0, 0.05) is 15.3 Å². The predicted molar refractivity (Wildman–Crippen MR) is 78.9 cm³/mol. The third kappa shape index (κ3) is 3.96. The number of benzene rings is 1. The molecule has 1 saturated carbocycles. The van der Waals surface area contributed by atoms with Crippen LogP contribution in [0, 0.1) is 3.57 Å². The van der Waals surface area contributed by atoms with Crippen LogP contribution >= 0.6 is 22.6 Å². The van der Waals surface area contributed by atoms with Gasteiger partial charge in [0.2, 0.25) is 0 Å². The van der Waals surface area contributed by atoms with Gasteiger partial charge in [-0.25, -0.2) is 0 Å². The Labute approximate surface area is 112 Å². The summed E-state index contributed by atoms with van der Waals surface area (Å²) in [6, 6.07) is 9.43. The van der Waals surface area contributed by atoms with E-state index >= 15 is 0 Å². The fourth-order valence-electron chi connectivity index (χ4n) is 2.38. The topological polar surface area (TPSA) is 12.0 Å². The second-order valence-electron chi connectivity index (χ2n) is 4.69. The normalized spacial score (nSPS) is 18.8. The van der Waals surface area contributed by atoms with Crippen LogP contribution in [0.1, 0.15) is 44.9 Å². The summed E-state index contributed by atoms with van der Waals surface area (Å²) in [5.74, 6) is 0. The standard InChI is InChI=1S/C14H20IN/c15-12-8-10-14(11-9-12)16-13-6-4-2-1-3-5-7-13/h8-11,13,16H,1-7H2. The first-order valence-electron chi connectivity index (χ1n) is 6.37. The zero-order chi connectivity index (χ0) is 11.2. The summed E-state index contributed by atoms with van der Waals surface area (Å²) in [6.07, 6.45) is 9.74. The highest BCUT2D eigenvalue weighted by Crippen LogP contribution is 2.21. The number of anilines is 1. The summed E-state index contributed by atoms with van der Waals surface area (Å²) in [4.78, 5) is 0. The van der Waals surface area contributed by atoms with Crippen LogP contribution < -0.4 is 5.32 Å². The molecule has 0 spiro atoms. The van der Waals surface area contributed by atoms with E-state index in [-0.39, 0.29) is 0 Å². The van der Waals surface area contributed by atoms with Crippen molar-refractivity contribution in [2.24, 2.45) is 0 Å². The van der Waals surface area contributed by atoms with E-state index in [0.717, 1.165) is 0 Å². The van der Waals surface area contributed by atoms with Crippen LogP contribution in [0.2, 0.25) is 0 Å². The van der Waals surface area contributed by atoms with E-state index in [1.165, 1.54) is 54.2 Å². The van der Waals surface area contributed by atoms with Gasteiger partial charge in [-0.15, -0.1) is 0 Å². The van der Waals surface area contributed by atoms with E-state index in [9.17, 15) is 0 Å². The molecule has 1 aliphatic rings. The Bertz CT molecular complexity index is 299. The second-order valence-corrected chi connectivity index (χ2v) is 5.94. The molecule has 0 amide bonds. The minimum Gasteiger partial charge on any atom is -0.382 e. The molecule has 2 rings (SSSR count). The molecule has 0 heterocycles. The van der Waals surface area contributed by atoms with Crippen molar-refractivity contribution in [2.45, 2.75) is 51.0 Å². The van der Waals surface area contributed by atoms with Gasteiger partial charge in [0.25, 0.3) is 0 Å². The molecule has 2 heteroatoms. The fourth-order valence-corrected chi connectivity index (χ4v) is 2.74. The van der Waals surface area contributed by atoms with Crippen molar-refractivity contribution in [3.05, 3.63) is 27.8 Å². The third-order valence-corrected chi connectivity index (χ3v) is 4.04. The molecule has 88 valence electrons. The lowest BCUT2D eigenvalue weighted by Gasteiger charge is -2.22. The number of rotatable bonds is 2. The molecule has 1 nitrogen and oxygen atoms in total. The highest BCUT2D eigenvalue weighted by molar-refractivity contribution is 14.1. The first kappa shape index (κ1) is 12.2. The third-order valence-electron chi connectivity index (χ3n) is 3.32. The van der Waals surface area contributed by atoms with Gasteiger partial charge in [-0.05, 0) is 59.7 Å². The van der Waals surface area contributed by atoms with Gasteiger partial charge in [-0.1, -0.05) is 32.1 Å². The van der Waals surface area contributed by atoms with Crippen molar-refractivity contribution in [3.8, 4) is 0 Å². The van der Waals surface area contributed by atoms with Gasteiger partial charge < -0.3 is 5.32 Å². The van der Waals surface area contributed by atoms with E-state index < -0.39 is 0 Å². The van der Waals surface area contributed by atoms with Crippen molar-refractivity contribution in [3.63, 3.8) is 0 Å². The van der Waals surface area contributed by atoms with Crippen LogP contribution in [-0.2, 0) is 0 Å². The molecule has 0 saturated heterocycles. The maximum Gasteiger partial charge on any atom is 0.0343 e. The van der Waals surface area contributed by atoms with Crippen LogP contribution in [0.5, 0.6) is 0 Å². The number of hydrogen-bond acceptors (Lipinski definition) is 1. The van der Waals surface area contributed by atoms with Gasteiger partial charge in [0.15, 0.2) is 0 Å². The minimum absolute atomic E-state index is 0.695. The van der Waals surface area contributed by atoms with Gasteiger partial charge in [0.1, 0.15) is 0 Å². The Morgan fingerprint density at radius 3 is 2.06 bits per heavy atom. The summed E-state index contributed by atoms with van der Waals surface area (Å²) in [5.41, 5.74) is 1.28. The molecule has 0 atom stereocenters. The Morgan fingerprint density at radius 2 is 1.44 bits per heavy atom. The number of hydrogen-bond donors (Lipinski definition) is 1. The molecule has 0 unspecified atom stereocenters. The highest BCUT2D eigenvalue weighted by Gasteiger charge is 2.10. The molecular formula is C14H20IN. The van der Waals surface area contributed by atoms with Crippen molar-refractivity contribution >= 4 is 28.3 Å². The monoisotopic (exact) mass is 329 g/mol. The lowest BCUT2D eigenvalue weighted by molar-refractivity contribution is 0.471. The summed E-state index contributed by atoms with van der Waals surface area (Å²) in [5, 5.41) is 3.67. The molecule has 16 heavy (non-hydrogen) atoms. The lowest BCUT2D eigenvalue weighted by Crippen LogP contribution is -2.20. The maximum atomic E-state index is 3.67. The van der Waals surface area contributed by atoms with E-state index in [1.807, 2.05) is 0 Å². The maximum absolute atomic E-state index is 3.67. The Kier molecular flexibility index (Phi) is 4.94. The Hall–Kier alpha value is -0.250. The SMILES string of the molecule is Ic1ccc(NC2CCCCCCC2)cc1. The van der Waals surface area contributed by atoms with E-state index in [1.54, 1.807) is 0 Å². The zero-order valence-electron chi connectivity index (χ0n) is 9.71. The van der Waals surface area contributed by atoms with Crippen LogP contribution in [0.25, 0.3) is 0 Å². The van der Waals surface area contributed by atoms with E-state index in [4.69, 9.17) is 0 Å². The first-order chi connectivity index (χ1) is 7.84. The van der Waals surface area contributed by atoms with Gasteiger partial charge >= 0.3 is 0 Å². The molecule has 1 aliphatic carbocycles. The fraction of sp³-hybridized carbons (Fsp3) is 0.571. The molecule has 1 fully saturated rings. The molecule has 0 aromatic heterocycles. The average Bonchev–Trinajstić information content (AvgIpc) is 2.25. The molecule has 0 radical (unpaired) electrons. The molecule has 1 aromatic carbocycles. The summed E-state index contributed by atoms with van der Waals surface area (Å²) in [6.45, 7) is 0. The van der Waals surface area contributed by atoms with Crippen LogP contribution in [0.4, 0.5) is 5.69 Å². The molecule has 0 bridgehead atoms. The number of nitrogens with one attached hydrogen (secondary N) is 1. The largest absolute Gasteiger partial charge is 0.382 e. The average molecular weight is 329 g/mol. The van der Waals surface area contributed by atoms with Crippen LogP contribution in [0.15, 0.2) is 24.3 Å². The molecule has 0 aliphatic heterocycles. The summed E-state index contributed by atoms with van der Waals surface area (Å²) < 4.78 is 1.31. The zero-order valence-corrected chi connectivity index (χ0v) is 11.9. The van der Waals surface area contributed by atoms with Crippen molar-refractivity contribution in [1.82, 2.24) is 0 Å². The van der Waals surface area contributed by atoms with Crippen molar-refractivity contribution in [2.75, 3.05) is 5.32 Å². The number of halogens is 1. The second kappa shape index (κ2) is 6.48. The summed E-state index contributed by atoms with van der Waals surface area (Å²) >= 11 is 2.35. The lowest BCUT2D eigenvalue weighted by atomic mass is 9.96. The highest BCUT2D eigenvalue weighted by atomic mass is 127. The van der Waals surface area contributed by atoms with Crippen molar-refractivity contribution in [1.29, 1.82) is 0 Å². The smallest absolute Gasteiger partial charge is 0.0343 e. The van der Waals surface area contributed by atoms with Crippen molar-refractivity contribution < 1.29 is 0 Å². The Balaban J connectivity index is 1.89. The summed E-state index contributed by atoms with van der Waals surface area (Å²) in [7, 11) is 0. The molecule has 1 aromatic rings. The first-order valence-corrected chi connectivity index (χ1v) is 7.44. The van der Waals surface area contributed by atoms with E-state index in [0.29, 0.717) is 6.04 Å². The van der Waals surface area contributed by atoms with Gasteiger partial charge in [0.05, 0.1) is 0 Å². The predicted octanol–water partition coefficient (Wildman–Crippen LogP) is 4.82.